The zero-order valence-electron chi connectivity index (χ0n) is 12.4. The Morgan fingerprint density at radius 3 is 2.86 bits per heavy atom. The number of benzene rings is 1. The zero-order chi connectivity index (χ0) is 15.5. The van der Waals surface area contributed by atoms with Gasteiger partial charge in [-0.2, -0.15) is 0 Å². The fraction of sp³-hybridized carbons (Fsp3) is 0.353. The summed E-state index contributed by atoms with van der Waals surface area (Å²) in [7, 11) is 1.62. The fourth-order valence-electron chi connectivity index (χ4n) is 2.47. The third kappa shape index (κ3) is 3.52. The number of rotatable bonds is 6. The van der Waals surface area contributed by atoms with Crippen molar-refractivity contribution in [1.29, 1.82) is 0 Å². The number of carbonyl (C=O) groups is 1. The van der Waals surface area contributed by atoms with Crippen molar-refractivity contribution >= 4 is 33.2 Å². The molecule has 3 nitrogen and oxygen atoms in total. The minimum absolute atomic E-state index is 0.0878. The Kier molecular flexibility index (Phi) is 4.84. The predicted molar refractivity (Wildman–Crippen MR) is 92.8 cm³/mol. The molecule has 0 spiro atoms. The molecule has 22 heavy (non-hydrogen) atoms. The maximum atomic E-state index is 12.9. The number of carbonyl (C=O) groups excluding carboxylic acids is 1. The standard InChI is InChI=1S/C17H18BrNO2S/c1-21-13-6-7-16(18)15(11-13)17(20)19(12-4-5-12)9-8-14-3-2-10-22-14/h2-3,6-7,10-12H,4-5,8-9H2,1H3. The molecule has 1 aliphatic rings. The highest BCUT2D eigenvalue weighted by atomic mass is 79.9. The number of hydrogen-bond acceptors (Lipinski definition) is 3. The van der Waals surface area contributed by atoms with Gasteiger partial charge >= 0.3 is 0 Å². The molecule has 1 aromatic heterocycles. The normalized spacial score (nSPS) is 13.9. The van der Waals surface area contributed by atoms with Crippen molar-refractivity contribution in [1.82, 2.24) is 4.90 Å². The maximum absolute atomic E-state index is 12.9. The van der Waals surface area contributed by atoms with Crippen molar-refractivity contribution in [2.75, 3.05) is 13.7 Å². The molecule has 1 heterocycles. The monoisotopic (exact) mass is 379 g/mol. The highest BCUT2D eigenvalue weighted by Crippen LogP contribution is 2.31. The molecule has 116 valence electrons. The quantitative estimate of drug-likeness (QED) is 0.745. The van der Waals surface area contributed by atoms with Crippen LogP contribution in [0, 0.1) is 0 Å². The molecule has 0 aliphatic heterocycles. The van der Waals surface area contributed by atoms with Crippen LogP contribution in [0.15, 0.2) is 40.2 Å². The van der Waals surface area contributed by atoms with Gasteiger partial charge in [-0.05, 0) is 64.8 Å². The molecule has 0 bridgehead atoms. The van der Waals surface area contributed by atoms with Crippen molar-refractivity contribution in [3.63, 3.8) is 0 Å². The van der Waals surface area contributed by atoms with Gasteiger partial charge in [0.25, 0.3) is 5.91 Å². The minimum atomic E-state index is 0.0878. The summed E-state index contributed by atoms with van der Waals surface area (Å²) in [4.78, 5) is 16.3. The highest BCUT2D eigenvalue weighted by molar-refractivity contribution is 9.10. The molecule has 0 saturated heterocycles. The molecule has 1 saturated carbocycles. The summed E-state index contributed by atoms with van der Waals surface area (Å²) >= 11 is 5.23. The summed E-state index contributed by atoms with van der Waals surface area (Å²) in [5.74, 6) is 0.797. The van der Waals surface area contributed by atoms with Crippen LogP contribution in [-0.2, 0) is 6.42 Å². The van der Waals surface area contributed by atoms with Crippen molar-refractivity contribution in [2.24, 2.45) is 0 Å². The molecule has 0 N–H and O–H groups in total. The Bertz CT molecular complexity index is 653. The van der Waals surface area contributed by atoms with Gasteiger partial charge in [0.15, 0.2) is 0 Å². The van der Waals surface area contributed by atoms with E-state index in [1.807, 2.05) is 23.1 Å². The van der Waals surface area contributed by atoms with Crippen LogP contribution in [0.2, 0.25) is 0 Å². The second-order valence-electron chi connectivity index (χ2n) is 5.40. The first-order valence-corrected chi connectivity index (χ1v) is 9.03. The average Bonchev–Trinajstić information content (AvgIpc) is 3.23. The summed E-state index contributed by atoms with van der Waals surface area (Å²) in [6.45, 7) is 0.771. The zero-order valence-corrected chi connectivity index (χ0v) is 14.8. The van der Waals surface area contributed by atoms with Crippen LogP contribution in [0.5, 0.6) is 5.75 Å². The fourth-order valence-corrected chi connectivity index (χ4v) is 3.59. The second kappa shape index (κ2) is 6.84. The molecular weight excluding hydrogens is 362 g/mol. The lowest BCUT2D eigenvalue weighted by Gasteiger charge is -2.23. The minimum Gasteiger partial charge on any atom is -0.497 e. The van der Waals surface area contributed by atoms with Crippen LogP contribution in [0.3, 0.4) is 0 Å². The largest absolute Gasteiger partial charge is 0.497 e. The first kappa shape index (κ1) is 15.6. The van der Waals surface area contributed by atoms with E-state index in [-0.39, 0.29) is 5.91 Å². The van der Waals surface area contributed by atoms with Crippen LogP contribution in [0.4, 0.5) is 0 Å². The number of ether oxygens (including phenoxy) is 1. The Hall–Kier alpha value is -1.33. The summed E-state index contributed by atoms with van der Waals surface area (Å²) in [5, 5.41) is 2.08. The average molecular weight is 380 g/mol. The van der Waals surface area contributed by atoms with E-state index in [2.05, 4.69) is 33.4 Å². The SMILES string of the molecule is COc1ccc(Br)c(C(=O)N(CCc2cccs2)C2CC2)c1. The maximum Gasteiger partial charge on any atom is 0.255 e. The van der Waals surface area contributed by atoms with E-state index in [9.17, 15) is 4.79 Å². The van der Waals surface area contributed by atoms with E-state index >= 15 is 0 Å². The van der Waals surface area contributed by atoms with Crippen molar-refractivity contribution in [2.45, 2.75) is 25.3 Å². The van der Waals surface area contributed by atoms with Crippen LogP contribution in [0.1, 0.15) is 28.1 Å². The van der Waals surface area contributed by atoms with E-state index in [4.69, 9.17) is 4.74 Å². The van der Waals surface area contributed by atoms with Gasteiger partial charge in [0.2, 0.25) is 0 Å². The lowest BCUT2D eigenvalue weighted by Crippen LogP contribution is -2.35. The molecule has 1 aromatic carbocycles. The number of thiophene rings is 1. The molecule has 0 unspecified atom stereocenters. The first-order valence-electron chi connectivity index (χ1n) is 7.36. The number of halogens is 1. The van der Waals surface area contributed by atoms with Gasteiger partial charge in [-0.15, -0.1) is 11.3 Å². The first-order chi connectivity index (χ1) is 10.7. The van der Waals surface area contributed by atoms with Gasteiger partial charge in [0.1, 0.15) is 5.75 Å². The topological polar surface area (TPSA) is 29.5 Å². The summed E-state index contributed by atoms with van der Waals surface area (Å²) < 4.78 is 6.06. The number of amides is 1. The molecule has 0 atom stereocenters. The van der Waals surface area contributed by atoms with Gasteiger partial charge in [0.05, 0.1) is 12.7 Å². The lowest BCUT2D eigenvalue weighted by molar-refractivity contribution is 0.0744. The molecule has 0 radical (unpaired) electrons. The van der Waals surface area contributed by atoms with Gasteiger partial charge in [-0.25, -0.2) is 0 Å². The number of nitrogens with zero attached hydrogens (tertiary/aromatic N) is 1. The van der Waals surface area contributed by atoms with E-state index in [1.54, 1.807) is 18.4 Å². The summed E-state index contributed by atoms with van der Waals surface area (Å²) in [6.07, 6.45) is 3.14. The second-order valence-corrected chi connectivity index (χ2v) is 7.29. The van der Waals surface area contributed by atoms with Crippen molar-refractivity contribution in [3.8, 4) is 5.75 Å². The lowest BCUT2D eigenvalue weighted by atomic mass is 10.1. The molecule has 1 aliphatic carbocycles. The summed E-state index contributed by atoms with van der Waals surface area (Å²) in [6, 6.07) is 10.1. The van der Waals surface area contributed by atoms with Crippen LogP contribution in [-0.4, -0.2) is 30.5 Å². The molecule has 2 aromatic rings. The highest BCUT2D eigenvalue weighted by Gasteiger charge is 2.33. The number of methoxy groups -OCH3 is 1. The third-order valence-corrected chi connectivity index (χ3v) is 5.46. The third-order valence-electron chi connectivity index (χ3n) is 3.83. The Balaban J connectivity index is 1.77. The van der Waals surface area contributed by atoms with Gasteiger partial charge < -0.3 is 9.64 Å². The molecule has 5 heteroatoms. The van der Waals surface area contributed by atoms with Gasteiger partial charge in [-0.1, -0.05) is 6.07 Å². The predicted octanol–water partition coefficient (Wildman–Crippen LogP) is 4.37. The Labute approximate surface area is 143 Å². The van der Waals surface area contributed by atoms with E-state index < -0.39 is 0 Å². The van der Waals surface area contributed by atoms with Crippen molar-refractivity contribution < 1.29 is 9.53 Å². The van der Waals surface area contributed by atoms with E-state index in [0.29, 0.717) is 17.4 Å². The van der Waals surface area contributed by atoms with E-state index in [0.717, 1.165) is 30.3 Å². The molecular formula is C17H18BrNO2S. The van der Waals surface area contributed by atoms with Crippen LogP contribution in [0.25, 0.3) is 0 Å². The van der Waals surface area contributed by atoms with Crippen molar-refractivity contribution in [3.05, 3.63) is 50.6 Å². The molecule has 1 fully saturated rings. The van der Waals surface area contributed by atoms with E-state index in [1.165, 1.54) is 4.88 Å². The van der Waals surface area contributed by atoms with Gasteiger partial charge in [0, 0.05) is 21.9 Å². The molecule has 1 amide bonds. The number of hydrogen-bond donors (Lipinski definition) is 0. The molecule has 3 rings (SSSR count). The Morgan fingerprint density at radius 1 is 1.41 bits per heavy atom. The van der Waals surface area contributed by atoms with Crippen LogP contribution >= 0.6 is 27.3 Å². The van der Waals surface area contributed by atoms with Gasteiger partial charge in [-0.3, -0.25) is 4.79 Å². The smallest absolute Gasteiger partial charge is 0.255 e. The Morgan fingerprint density at radius 2 is 2.23 bits per heavy atom. The summed E-state index contributed by atoms with van der Waals surface area (Å²) in [5.41, 5.74) is 0.678. The van der Waals surface area contributed by atoms with Crippen LogP contribution < -0.4 is 4.74 Å².